The highest BCUT2D eigenvalue weighted by Crippen LogP contribution is 2.15. The fourth-order valence-electron chi connectivity index (χ4n) is 1.55. The molecule has 0 aliphatic carbocycles. The molecule has 0 bridgehead atoms. The van der Waals surface area contributed by atoms with Crippen LogP contribution in [0.15, 0.2) is 0 Å². The summed E-state index contributed by atoms with van der Waals surface area (Å²) >= 11 is 0. The zero-order valence-electron chi connectivity index (χ0n) is 10.2. The number of amides is 1. The topological polar surface area (TPSA) is 92.4 Å². The third kappa shape index (κ3) is 3.48. The van der Waals surface area contributed by atoms with Gasteiger partial charge in [-0.15, -0.1) is 0 Å². The Morgan fingerprint density at radius 3 is 2.12 bits per heavy atom. The maximum Gasteiger partial charge on any atom is 0.329 e. The fraction of sp³-hybridized carbons (Fsp3) is 0.818. The maximum absolute atomic E-state index is 11.7. The zero-order chi connectivity index (χ0) is 12.8. The summed E-state index contributed by atoms with van der Waals surface area (Å²) in [5.74, 6) is -1.39. The van der Waals surface area contributed by atoms with Gasteiger partial charge in [-0.3, -0.25) is 4.79 Å². The quantitative estimate of drug-likeness (QED) is 0.605. The number of aliphatic carboxylic acids is 1. The highest BCUT2D eigenvalue weighted by Gasteiger charge is 2.37. The third-order valence-electron chi connectivity index (χ3n) is 2.92. The Morgan fingerprint density at radius 1 is 1.31 bits per heavy atom. The number of rotatable bonds is 7. The van der Waals surface area contributed by atoms with Crippen molar-refractivity contribution >= 4 is 11.9 Å². The fourth-order valence-corrected chi connectivity index (χ4v) is 1.55. The minimum Gasteiger partial charge on any atom is -0.480 e. The first-order valence-corrected chi connectivity index (χ1v) is 5.74. The molecule has 0 aromatic rings. The van der Waals surface area contributed by atoms with Crippen molar-refractivity contribution in [3.63, 3.8) is 0 Å². The number of carbonyl (C=O) groups excluding carboxylic acids is 1. The van der Waals surface area contributed by atoms with Gasteiger partial charge in [0.25, 0.3) is 0 Å². The second kappa shape index (κ2) is 6.48. The number of nitrogens with one attached hydrogen (secondary N) is 1. The molecule has 0 heterocycles. The van der Waals surface area contributed by atoms with Crippen molar-refractivity contribution in [1.82, 2.24) is 5.32 Å². The van der Waals surface area contributed by atoms with Gasteiger partial charge >= 0.3 is 5.97 Å². The Kier molecular flexibility index (Phi) is 6.03. The van der Waals surface area contributed by atoms with Gasteiger partial charge in [0.1, 0.15) is 5.54 Å². The van der Waals surface area contributed by atoms with Gasteiger partial charge in [-0.25, -0.2) is 4.79 Å². The summed E-state index contributed by atoms with van der Waals surface area (Å²) < 4.78 is 0. The van der Waals surface area contributed by atoms with E-state index >= 15 is 0 Å². The van der Waals surface area contributed by atoms with E-state index in [1.807, 2.05) is 6.92 Å². The van der Waals surface area contributed by atoms with Gasteiger partial charge in [-0.05, 0) is 19.3 Å². The zero-order valence-corrected chi connectivity index (χ0v) is 10.2. The van der Waals surface area contributed by atoms with Gasteiger partial charge in [0, 0.05) is 0 Å². The average molecular weight is 230 g/mol. The van der Waals surface area contributed by atoms with E-state index in [0.717, 1.165) is 6.42 Å². The third-order valence-corrected chi connectivity index (χ3v) is 2.92. The standard InChI is InChI=1S/C11H22N2O3/c1-4-7-8(12)9(14)13-11(5-2,6-3)10(15)16/h8H,4-7,12H2,1-3H3,(H,13,14)(H,15,16). The molecule has 0 rings (SSSR count). The second-order valence-corrected chi connectivity index (χ2v) is 3.98. The smallest absolute Gasteiger partial charge is 0.329 e. The Morgan fingerprint density at radius 2 is 1.81 bits per heavy atom. The van der Waals surface area contributed by atoms with Crippen molar-refractivity contribution in [3.05, 3.63) is 0 Å². The molecule has 16 heavy (non-hydrogen) atoms. The Balaban J connectivity index is 4.64. The van der Waals surface area contributed by atoms with Crippen molar-refractivity contribution in [2.75, 3.05) is 0 Å². The van der Waals surface area contributed by atoms with Crippen molar-refractivity contribution in [3.8, 4) is 0 Å². The molecule has 94 valence electrons. The van der Waals surface area contributed by atoms with Crippen LogP contribution in [0, 0.1) is 0 Å². The lowest BCUT2D eigenvalue weighted by Gasteiger charge is -2.29. The maximum atomic E-state index is 11.7. The SMILES string of the molecule is CCCC(N)C(=O)NC(CC)(CC)C(=O)O. The number of hydrogen-bond acceptors (Lipinski definition) is 3. The molecule has 5 heteroatoms. The molecule has 0 spiro atoms. The van der Waals surface area contributed by atoms with E-state index in [1.165, 1.54) is 0 Å². The minimum absolute atomic E-state index is 0.351. The predicted molar refractivity (Wildman–Crippen MR) is 62.0 cm³/mol. The molecule has 1 amide bonds. The molecular formula is C11H22N2O3. The van der Waals surface area contributed by atoms with Crippen LogP contribution in [0.2, 0.25) is 0 Å². The van der Waals surface area contributed by atoms with Crippen LogP contribution in [0.4, 0.5) is 0 Å². The summed E-state index contributed by atoms with van der Waals surface area (Å²) in [6, 6.07) is -0.623. The van der Waals surface area contributed by atoms with Crippen LogP contribution in [-0.4, -0.2) is 28.6 Å². The minimum atomic E-state index is -1.18. The number of hydrogen-bond donors (Lipinski definition) is 3. The Bertz CT molecular complexity index is 250. The van der Waals surface area contributed by atoms with Crippen LogP contribution in [0.5, 0.6) is 0 Å². The summed E-state index contributed by atoms with van der Waals surface area (Å²) in [5.41, 5.74) is 4.46. The van der Waals surface area contributed by atoms with Gasteiger partial charge in [-0.1, -0.05) is 27.2 Å². The van der Waals surface area contributed by atoms with Crippen LogP contribution in [-0.2, 0) is 9.59 Å². The molecule has 0 radical (unpaired) electrons. The first-order valence-electron chi connectivity index (χ1n) is 5.74. The first-order chi connectivity index (χ1) is 7.43. The van der Waals surface area contributed by atoms with Crippen molar-refractivity contribution in [2.45, 2.75) is 58.0 Å². The van der Waals surface area contributed by atoms with E-state index in [1.54, 1.807) is 13.8 Å². The summed E-state index contributed by atoms with van der Waals surface area (Å²) in [6.07, 6.45) is 2.06. The highest BCUT2D eigenvalue weighted by atomic mass is 16.4. The van der Waals surface area contributed by atoms with Gasteiger partial charge in [-0.2, -0.15) is 0 Å². The predicted octanol–water partition coefficient (Wildman–Crippen LogP) is 0.873. The molecule has 0 aromatic heterocycles. The van der Waals surface area contributed by atoms with Crippen molar-refractivity contribution in [2.24, 2.45) is 5.73 Å². The summed E-state index contributed by atoms with van der Waals surface area (Å²) in [6.45, 7) is 5.41. The monoisotopic (exact) mass is 230 g/mol. The van der Waals surface area contributed by atoms with E-state index in [2.05, 4.69) is 5.32 Å². The summed E-state index contributed by atoms with van der Waals surface area (Å²) in [7, 11) is 0. The van der Waals surface area contributed by atoms with Crippen molar-refractivity contribution < 1.29 is 14.7 Å². The molecule has 0 fully saturated rings. The van der Waals surface area contributed by atoms with E-state index in [0.29, 0.717) is 19.3 Å². The van der Waals surface area contributed by atoms with E-state index < -0.39 is 17.6 Å². The van der Waals surface area contributed by atoms with E-state index in [4.69, 9.17) is 10.8 Å². The average Bonchev–Trinajstić information content (AvgIpc) is 2.25. The van der Waals surface area contributed by atoms with Crippen LogP contribution >= 0.6 is 0 Å². The van der Waals surface area contributed by atoms with Crippen LogP contribution in [0.1, 0.15) is 46.5 Å². The summed E-state index contributed by atoms with van der Waals surface area (Å²) in [4.78, 5) is 22.8. The number of carbonyl (C=O) groups is 2. The lowest BCUT2D eigenvalue weighted by molar-refractivity contribution is -0.148. The van der Waals surface area contributed by atoms with Crippen LogP contribution in [0.3, 0.4) is 0 Å². The van der Waals surface area contributed by atoms with Gasteiger partial charge in [0.15, 0.2) is 0 Å². The summed E-state index contributed by atoms with van der Waals surface area (Å²) in [5, 5.41) is 11.7. The Labute approximate surface area is 96.4 Å². The second-order valence-electron chi connectivity index (χ2n) is 3.98. The lowest BCUT2D eigenvalue weighted by atomic mass is 9.92. The van der Waals surface area contributed by atoms with Crippen LogP contribution in [0.25, 0.3) is 0 Å². The molecule has 4 N–H and O–H groups in total. The molecule has 0 aliphatic rings. The number of nitrogens with two attached hydrogens (primary N) is 1. The highest BCUT2D eigenvalue weighted by molar-refractivity contribution is 5.89. The molecule has 0 aromatic carbocycles. The largest absolute Gasteiger partial charge is 0.480 e. The van der Waals surface area contributed by atoms with Crippen molar-refractivity contribution in [1.29, 1.82) is 0 Å². The molecular weight excluding hydrogens is 208 g/mol. The van der Waals surface area contributed by atoms with E-state index in [9.17, 15) is 9.59 Å². The molecule has 0 aliphatic heterocycles. The Hall–Kier alpha value is -1.10. The first kappa shape index (κ1) is 14.9. The van der Waals surface area contributed by atoms with Crippen LogP contribution < -0.4 is 11.1 Å². The van der Waals surface area contributed by atoms with Gasteiger partial charge in [0.05, 0.1) is 6.04 Å². The lowest BCUT2D eigenvalue weighted by Crippen LogP contribution is -2.57. The molecule has 0 saturated heterocycles. The van der Waals surface area contributed by atoms with E-state index in [-0.39, 0.29) is 5.91 Å². The molecule has 0 saturated carbocycles. The molecule has 1 unspecified atom stereocenters. The van der Waals surface area contributed by atoms with Gasteiger partial charge in [0.2, 0.25) is 5.91 Å². The van der Waals surface area contributed by atoms with Gasteiger partial charge < -0.3 is 16.2 Å². The molecule has 5 nitrogen and oxygen atoms in total. The number of carboxylic acid groups (broad SMARTS) is 1. The normalized spacial score (nSPS) is 13.2. The molecule has 1 atom stereocenters. The number of carboxylic acids is 1.